The minimum absolute atomic E-state index is 0.126. The fourth-order valence-electron chi connectivity index (χ4n) is 5.74. The van der Waals surface area contributed by atoms with Gasteiger partial charge in [0.25, 0.3) is 11.8 Å². The molecule has 2 fully saturated rings. The number of rotatable bonds is 6. The Morgan fingerprint density at radius 2 is 1.97 bits per heavy atom. The van der Waals surface area contributed by atoms with Gasteiger partial charge < -0.3 is 15.1 Å². The lowest BCUT2D eigenvalue weighted by Gasteiger charge is -2.44. The van der Waals surface area contributed by atoms with Crippen LogP contribution < -0.4 is 5.32 Å². The molecule has 3 rings (SSSR count). The van der Waals surface area contributed by atoms with Crippen LogP contribution in [0.3, 0.4) is 0 Å². The third-order valence-electron chi connectivity index (χ3n) is 7.65. The van der Waals surface area contributed by atoms with Gasteiger partial charge in [-0.3, -0.25) is 9.59 Å². The second-order valence-corrected chi connectivity index (χ2v) is 10.4. The van der Waals surface area contributed by atoms with Gasteiger partial charge in [0, 0.05) is 37.1 Å². The van der Waals surface area contributed by atoms with Crippen molar-refractivity contribution in [2.24, 2.45) is 17.3 Å². The number of halogens is 1. The van der Waals surface area contributed by atoms with Gasteiger partial charge in [-0.25, -0.2) is 4.39 Å². The van der Waals surface area contributed by atoms with Crippen molar-refractivity contribution >= 4 is 11.8 Å². The van der Waals surface area contributed by atoms with Gasteiger partial charge in [0.1, 0.15) is 11.9 Å². The van der Waals surface area contributed by atoms with Gasteiger partial charge in [-0.2, -0.15) is 0 Å². The van der Waals surface area contributed by atoms with Crippen LogP contribution in [-0.2, 0) is 9.59 Å². The van der Waals surface area contributed by atoms with Crippen molar-refractivity contribution in [2.75, 3.05) is 19.6 Å². The summed E-state index contributed by atoms with van der Waals surface area (Å²) in [6, 6.07) is 0. The number of likely N-dealkylation sites (tertiary alicyclic amines) is 1. The fourth-order valence-corrected chi connectivity index (χ4v) is 5.74. The lowest BCUT2D eigenvalue weighted by molar-refractivity contribution is -0.128. The molecule has 6 heteroatoms. The standard InChI is InChI=1S/C27H40FN3O2/c1-6-23-21(10-8-14-27(23,4)5)17-29-25(32)24-11-7-9-20(3)31(24)18-19(2)26(33)30-15-12-22(28)13-16-30/h7,9,11,18,21-23H,3,6,8,10,12-17H2,1-2,4-5H3,(H,29,32)/b19-18+. The molecule has 0 radical (unpaired) electrons. The largest absolute Gasteiger partial charge is 0.350 e. The number of amides is 2. The normalized spacial score (nSPS) is 26.3. The van der Waals surface area contributed by atoms with Crippen molar-refractivity contribution in [3.8, 4) is 0 Å². The van der Waals surface area contributed by atoms with Crippen LogP contribution in [-0.4, -0.2) is 47.4 Å². The highest BCUT2D eigenvalue weighted by atomic mass is 19.1. The van der Waals surface area contributed by atoms with E-state index in [-0.39, 0.29) is 11.8 Å². The molecule has 3 aliphatic rings. The molecule has 0 spiro atoms. The van der Waals surface area contributed by atoms with Crippen molar-refractivity contribution in [3.05, 3.63) is 48.0 Å². The lowest BCUT2D eigenvalue weighted by atomic mass is 9.62. The number of hydrogen-bond donors (Lipinski definition) is 1. The molecule has 1 aliphatic carbocycles. The van der Waals surface area contributed by atoms with Gasteiger partial charge in [-0.05, 0) is 62.0 Å². The zero-order valence-electron chi connectivity index (χ0n) is 20.7. The van der Waals surface area contributed by atoms with Crippen LogP contribution in [0.1, 0.15) is 66.2 Å². The zero-order chi connectivity index (χ0) is 24.2. The first-order valence-corrected chi connectivity index (χ1v) is 12.4. The Labute approximate surface area is 198 Å². The molecule has 1 saturated carbocycles. The van der Waals surface area contributed by atoms with Crippen molar-refractivity contribution < 1.29 is 14.0 Å². The molecular formula is C27H40FN3O2. The van der Waals surface area contributed by atoms with Crippen LogP contribution in [0.25, 0.3) is 0 Å². The molecule has 33 heavy (non-hydrogen) atoms. The molecular weight excluding hydrogens is 417 g/mol. The highest BCUT2D eigenvalue weighted by Crippen LogP contribution is 2.45. The van der Waals surface area contributed by atoms with E-state index in [2.05, 4.69) is 32.7 Å². The summed E-state index contributed by atoms with van der Waals surface area (Å²) >= 11 is 0. The van der Waals surface area contributed by atoms with Crippen LogP contribution in [0.5, 0.6) is 0 Å². The Hall–Kier alpha value is -2.37. The number of nitrogens with zero attached hydrogens (tertiary/aromatic N) is 2. The molecule has 182 valence electrons. The summed E-state index contributed by atoms with van der Waals surface area (Å²) < 4.78 is 13.4. The summed E-state index contributed by atoms with van der Waals surface area (Å²) in [5.74, 6) is 0.773. The number of nitrogens with one attached hydrogen (secondary N) is 1. The molecule has 1 N–H and O–H groups in total. The maximum Gasteiger partial charge on any atom is 0.268 e. The van der Waals surface area contributed by atoms with Crippen molar-refractivity contribution in [3.63, 3.8) is 0 Å². The summed E-state index contributed by atoms with van der Waals surface area (Å²) in [5.41, 5.74) is 1.89. The van der Waals surface area contributed by atoms with Crippen LogP contribution in [0.4, 0.5) is 4.39 Å². The Bertz CT molecular complexity index is 849. The summed E-state index contributed by atoms with van der Waals surface area (Å²) in [4.78, 5) is 29.4. The Kier molecular flexibility index (Phi) is 8.19. The van der Waals surface area contributed by atoms with E-state index < -0.39 is 6.17 Å². The third-order valence-corrected chi connectivity index (χ3v) is 7.65. The van der Waals surface area contributed by atoms with E-state index in [1.807, 2.05) is 12.2 Å². The molecule has 0 aromatic heterocycles. The quantitative estimate of drug-likeness (QED) is 0.566. The van der Waals surface area contributed by atoms with Gasteiger partial charge in [-0.15, -0.1) is 0 Å². The SMILES string of the molecule is C=C1C=CC=C(C(=O)NCC2CCCC(C)(C)C2CC)N1/C=C(\C)C(=O)N1CCC(F)CC1. The smallest absolute Gasteiger partial charge is 0.268 e. The summed E-state index contributed by atoms with van der Waals surface area (Å²) in [5, 5.41) is 3.16. The minimum atomic E-state index is -0.828. The average Bonchev–Trinajstić information content (AvgIpc) is 2.78. The molecule has 2 amide bonds. The van der Waals surface area contributed by atoms with Crippen molar-refractivity contribution in [1.29, 1.82) is 0 Å². The van der Waals surface area contributed by atoms with Crippen molar-refractivity contribution in [1.82, 2.24) is 15.1 Å². The Balaban J connectivity index is 1.68. The second kappa shape index (κ2) is 10.7. The molecule has 2 unspecified atom stereocenters. The molecule has 2 atom stereocenters. The Morgan fingerprint density at radius 1 is 1.27 bits per heavy atom. The zero-order valence-corrected chi connectivity index (χ0v) is 20.7. The maximum atomic E-state index is 13.4. The van der Waals surface area contributed by atoms with Gasteiger partial charge in [0.2, 0.25) is 0 Å². The van der Waals surface area contributed by atoms with E-state index in [0.717, 1.165) is 12.8 Å². The lowest BCUT2D eigenvalue weighted by Crippen LogP contribution is -2.42. The highest BCUT2D eigenvalue weighted by Gasteiger charge is 2.37. The number of carbonyl (C=O) groups is 2. The topological polar surface area (TPSA) is 52.7 Å². The van der Waals surface area contributed by atoms with E-state index in [9.17, 15) is 14.0 Å². The molecule has 2 heterocycles. The molecule has 0 bridgehead atoms. The van der Waals surface area contributed by atoms with Crippen LogP contribution in [0, 0.1) is 17.3 Å². The van der Waals surface area contributed by atoms with Gasteiger partial charge in [-0.1, -0.05) is 46.3 Å². The first kappa shape index (κ1) is 25.3. The number of piperidine rings is 1. The molecule has 0 aromatic carbocycles. The first-order valence-electron chi connectivity index (χ1n) is 12.4. The average molecular weight is 458 g/mol. The van der Waals surface area contributed by atoms with E-state index in [1.54, 1.807) is 29.0 Å². The van der Waals surface area contributed by atoms with E-state index in [0.29, 0.717) is 66.7 Å². The first-order chi connectivity index (χ1) is 15.6. The van der Waals surface area contributed by atoms with Gasteiger partial charge in [0.15, 0.2) is 0 Å². The summed E-state index contributed by atoms with van der Waals surface area (Å²) in [6.07, 6.45) is 11.7. The number of allylic oxidation sites excluding steroid dienone is 3. The molecule has 2 aliphatic heterocycles. The third kappa shape index (κ3) is 5.96. The summed E-state index contributed by atoms with van der Waals surface area (Å²) in [6.45, 7) is 14.2. The molecule has 0 aromatic rings. The predicted molar refractivity (Wildman–Crippen MR) is 131 cm³/mol. The maximum absolute atomic E-state index is 13.4. The van der Waals surface area contributed by atoms with E-state index in [1.165, 1.54) is 12.8 Å². The number of carbonyl (C=O) groups excluding carboxylic acids is 2. The van der Waals surface area contributed by atoms with Gasteiger partial charge >= 0.3 is 0 Å². The highest BCUT2D eigenvalue weighted by molar-refractivity contribution is 5.95. The van der Waals surface area contributed by atoms with Crippen LogP contribution in [0.2, 0.25) is 0 Å². The fraction of sp³-hybridized carbons (Fsp3) is 0.630. The molecule has 1 saturated heterocycles. The second-order valence-electron chi connectivity index (χ2n) is 10.4. The predicted octanol–water partition coefficient (Wildman–Crippen LogP) is 5.09. The van der Waals surface area contributed by atoms with Gasteiger partial charge in [0.05, 0.1) is 0 Å². The monoisotopic (exact) mass is 457 g/mol. The summed E-state index contributed by atoms with van der Waals surface area (Å²) in [7, 11) is 0. The number of alkyl halides is 1. The van der Waals surface area contributed by atoms with E-state index in [4.69, 9.17) is 0 Å². The molecule has 5 nitrogen and oxygen atoms in total. The Morgan fingerprint density at radius 3 is 2.64 bits per heavy atom. The van der Waals surface area contributed by atoms with E-state index >= 15 is 0 Å². The van der Waals surface area contributed by atoms with Crippen LogP contribution in [0.15, 0.2) is 48.0 Å². The number of hydrogen-bond acceptors (Lipinski definition) is 3. The minimum Gasteiger partial charge on any atom is -0.350 e. The van der Waals surface area contributed by atoms with Crippen LogP contribution >= 0.6 is 0 Å². The van der Waals surface area contributed by atoms with Crippen molar-refractivity contribution in [2.45, 2.75) is 72.4 Å².